The average molecular weight is 642 g/mol. The fourth-order valence-corrected chi connectivity index (χ4v) is 7.74. The highest BCUT2D eigenvalue weighted by atomic mass is 15.1. The van der Waals surface area contributed by atoms with E-state index in [4.69, 9.17) is 0 Å². The van der Waals surface area contributed by atoms with Gasteiger partial charge in [0.15, 0.2) is 0 Å². The van der Waals surface area contributed by atoms with Crippen LogP contribution >= 0.6 is 0 Å². The molecule has 0 aliphatic rings. The third-order valence-corrected chi connectivity index (χ3v) is 10.8. The largest absolute Gasteiger partial charge is 0.244 e. The smallest absolute Gasteiger partial charge is 0.237 e. The molecule has 0 bridgehead atoms. The molecular weight excluding hydrogens is 569 g/mol. The summed E-state index contributed by atoms with van der Waals surface area (Å²) in [5, 5.41) is 0. The molecule has 1 aromatic heterocycles. The van der Waals surface area contributed by atoms with Gasteiger partial charge in [0.25, 0.3) is 0 Å². The number of nitrogens with zero attached hydrogens (tertiary/aromatic N) is 2. The van der Waals surface area contributed by atoms with Crippen molar-refractivity contribution in [3.05, 3.63) is 90.5 Å². The van der Waals surface area contributed by atoms with Gasteiger partial charge in [-0.05, 0) is 43.2 Å². The van der Waals surface area contributed by atoms with E-state index in [1.54, 1.807) is 0 Å². The van der Waals surface area contributed by atoms with E-state index in [-0.39, 0.29) is 5.41 Å². The van der Waals surface area contributed by atoms with Crippen LogP contribution in [0.5, 0.6) is 0 Å². The molecule has 0 saturated heterocycles. The summed E-state index contributed by atoms with van der Waals surface area (Å²) >= 11 is 0. The number of aryl methyl sites for hydroxylation is 1. The Balaban J connectivity index is 1.55. The molecule has 47 heavy (non-hydrogen) atoms. The number of benzene rings is 2. The van der Waals surface area contributed by atoms with Crippen LogP contribution in [0.2, 0.25) is 0 Å². The van der Waals surface area contributed by atoms with Crippen molar-refractivity contribution in [1.29, 1.82) is 0 Å². The minimum Gasteiger partial charge on any atom is -0.237 e. The van der Waals surface area contributed by atoms with Crippen molar-refractivity contribution in [2.75, 3.05) is 0 Å². The van der Waals surface area contributed by atoms with E-state index in [1.807, 2.05) is 0 Å². The first kappa shape index (κ1) is 39.1. The maximum Gasteiger partial charge on any atom is 0.244 e. The van der Waals surface area contributed by atoms with E-state index in [9.17, 15) is 0 Å². The molecule has 0 amide bonds. The van der Waals surface area contributed by atoms with Gasteiger partial charge in [-0.25, -0.2) is 9.13 Å². The fourth-order valence-electron chi connectivity index (χ4n) is 7.74. The van der Waals surface area contributed by atoms with Crippen molar-refractivity contribution in [3.63, 3.8) is 0 Å². The minimum absolute atomic E-state index is 0.00905. The lowest BCUT2D eigenvalue weighted by atomic mass is 9.70. The quantitative estimate of drug-likeness (QED) is 0.0527. The lowest BCUT2D eigenvalue weighted by molar-refractivity contribution is -0.697. The predicted octanol–water partition coefficient (Wildman–Crippen LogP) is 13.5. The molecule has 2 heteroatoms. The summed E-state index contributed by atoms with van der Waals surface area (Å²) in [5.74, 6) is 0. The highest BCUT2D eigenvalue weighted by molar-refractivity contribution is 5.30. The van der Waals surface area contributed by atoms with Crippen molar-refractivity contribution < 1.29 is 4.57 Å². The second-order valence-corrected chi connectivity index (χ2v) is 14.9. The predicted molar refractivity (Wildman–Crippen MR) is 205 cm³/mol. The maximum absolute atomic E-state index is 2.59. The summed E-state index contributed by atoms with van der Waals surface area (Å²) in [6.07, 6.45) is 40.2. The third-order valence-electron chi connectivity index (χ3n) is 10.8. The fraction of sp³-hybridized carbons (Fsp3) is 0.667. The molecule has 0 N–H and O–H groups in total. The van der Waals surface area contributed by atoms with Crippen LogP contribution in [0.25, 0.3) is 0 Å². The number of unbranched alkanes of at least 4 members (excludes halogenated alkanes) is 20. The molecular formula is C45H73N2+. The standard InChI is InChI=1S/C45H73N2/c1-4-6-8-10-12-14-15-16-17-19-21-23-31-37-46-38-39-47(41-46)44(36-30-22-20-18-13-11-9-7-5-2)45(3,43-34-28-25-29-35-43)40-42-32-26-24-27-33-42/h24-29,32-35,38-39,41,44H,4-23,30-31,36-37,40H2,1-3H3/q+1. The van der Waals surface area contributed by atoms with E-state index in [0.717, 1.165) is 13.0 Å². The Hall–Kier alpha value is -2.35. The zero-order valence-electron chi connectivity index (χ0n) is 31.2. The molecule has 262 valence electrons. The highest BCUT2D eigenvalue weighted by Gasteiger charge is 2.40. The van der Waals surface area contributed by atoms with Gasteiger partial charge in [0.1, 0.15) is 18.4 Å². The molecule has 0 radical (unpaired) electrons. The van der Waals surface area contributed by atoms with Gasteiger partial charge >= 0.3 is 0 Å². The average Bonchev–Trinajstić information content (AvgIpc) is 3.56. The van der Waals surface area contributed by atoms with Crippen molar-refractivity contribution >= 4 is 0 Å². The van der Waals surface area contributed by atoms with Gasteiger partial charge in [0.05, 0.1) is 6.54 Å². The Morgan fingerprint density at radius 1 is 0.553 bits per heavy atom. The number of rotatable bonds is 29. The Bertz CT molecular complexity index is 1120. The number of hydrogen-bond donors (Lipinski definition) is 0. The molecule has 1 heterocycles. The summed E-state index contributed by atoms with van der Waals surface area (Å²) in [5.41, 5.74) is 2.90. The van der Waals surface area contributed by atoms with Crippen molar-refractivity contribution in [3.8, 4) is 0 Å². The molecule has 0 spiro atoms. The van der Waals surface area contributed by atoms with Crippen molar-refractivity contribution in [2.45, 2.75) is 193 Å². The second-order valence-electron chi connectivity index (χ2n) is 14.9. The molecule has 3 rings (SSSR count). The molecule has 0 aliphatic heterocycles. The second kappa shape index (κ2) is 24.7. The zero-order valence-corrected chi connectivity index (χ0v) is 31.2. The van der Waals surface area contributed by atoms with Gasteiger partial charge < -0.3 is 0 Å². The number of hydrogen-bond acceptors (Lipinski definition) is 0. The Morgan fingerprint density at radius 2 is 1.00 bits per heavy atom. The van der Waals surface area contributed by atoms with Gasteiger partial charge in [0, 0.05) is 5.41 Å². The van der Waals surface area contributed by atoms with Gasteiger partial charge in [-0.3, -0.25) is 0 Å². The van der Waals surface area contributed by atoms with Crippen molar-refractivity contribution in [1.82, 2.24) is 4.57 Å². The van der Waals surface area contributed by atoms with Gasteiger partial charge in [-0.1, -0.05) is 203 Å². The Kier molecular flexibility index (Phi) is 20.6. The van der Waals surface area contributed by atoms with Crippen LogP contribution in [0.1, 0.15) is 186 Å². The third kappa shape index (κ3) is 15.6. The lowest BCUT2D eigenvalue weighted by Gasteiger charge is -2.37. The van der Waals surface area contributed by atoms with Gasteiger partial charge in [0.2, 0.25) is 6.33 Å². The van der Waals surface area contributed by atoms with Crippen LogP contribution in [0, 0.1) is 0 Å². The van der Waals surface area contributed by atoms with Gasteiger partial charge in [-0.2, -0.15) is 0 Å². The first-order chi connectivity index (χ1) is 23.2. The van der Waals surface area contributed by atoms with Gasteiger partial charge in [-0.15, -0.1) is 0 Å². The molecule has 3 aromatic rings. The van der Waals surface area contributed by atoms with E-state index in [1.165, 1.54) is 159 Å². The van der Waals surface area contributed by atoms with Crippen LogP contribution in [0.15, 0.2) is 79.4 Å². The van der Waals surface area contributed by atoms with Crippen LogP contribution in [-0.4, -0.2) is 4.57 Å². The number of aromatic nitrogens is 2. The molecule has 0 aliphatic carbocycles. The van der Waals surface area contributed by atoms with E-state index < -0.39 is 0 Å². The highest BCUT2D eigenvalue weighted by Crippen LogP contribution is 2.41. The summed E-state index contributed by atoms with van der Waals surface area (Å²) in [6.45, 7) is 8.28. The summed E-state index contributed by atoms with van der Waals surface area (Å²) < 4.78 is 5.05. The number of imidazole rings is 1. The maximum atomic E-state index is 2.59. The van der Waals surface area contributed by atoms with Crippen LogP contribution in [0.4, 0.5) is 0 Å². The van der Waals surface area contributed by atoms with Crippen LogP contribution in [-0.2, 0) is 18.4 Å². The first-order valence-electron chi connectivity index (χ1n) is 20.3. The van der Waals surface area contributed by atoms with E-state index >= 15 is 0 Å². The van der Waals surface area contributed by atoms with Crippen LogP contribution < -0.4 is 4.57 Å². The molecule has 2 unspecified atom stereocenters. The molecule has 0 fully saturated rings. The molecule has 0 saturated carbocycles. The Labute approximate surface area is 291 Å². The monoisotopic (exact) mass is 642 g/mol. The summed E-state index contributed by atoms with van der Waals surface area (Å²) in [6, 6.07) is 23.0. The van der Waals surface area contributed by atoms with E-state index in [0.29, 0.717) is 6.04 Å². The topological polar surface area (TPSA) is 8.81 Å². The summed E-state index contributed by atoms with van der Waals surface area (Å²) in [4.78, 5) is 0. The molecule has 2 atom stereocenters. The first-order valence-corrected chi connectivity index (χ1v) is 20.3. The zero-order chi connectivity index (χ0) is 33.3. The normalized spacial score (nSPS) is 13.5. The molecule has 2 aromatic carbocycles. The summed E-state index contributed by atoms with van der Waals surface area (Å²) in [7, 11) is 0. The Morgan fingerprint density at radius 3 is 1.51 bits per heavy atom. The lowest BCUT2D eigenvalue weighted by Crippen LogP contribution is -2.38. The molecule has 2 nitrogen and oxygen atoms in total. The SMILES string of the molecule is CCCCCCCCCCCCCCC[n+]1ccn(C(CCCCCCCCCCC)C(C)(Cc2ccccc2)c2ccccc2)c1. The van der Waals surface area contributed by atoms with Crippen molar-refractivity contribution in [2.24, 2.45) is 0 Å². The van der Waals surface area contributed by atoms with Crippen LogP contribution in [0.3, 0.4) is 0 Å². The minimum atomic E-state index is 0.00905. The van der Waals surface area contributed by atoms with E-state index in [2.05, 4.69) is 109 Å².